The Morgan fingerprint density at radius 1 is 1.40 bits per heavy atom. The molecule has 5 N–H and O–H groups in total. The first-order valence-corrected chi connectivity index (χ1v) is 9.84. The molecule has 2 heterocycles. The highest BCUT2D eigenvalue weighted by molar-refractivity contribution is 5.93. The van der Waals surface area contributed by atoms with Crippen LogP contribution in [-0.4, -0.2) is 62.3 Å². The van der Waals surface area contributed by atoms with Gasteiger partial charge in [-0.05, 0) is 25.7 Å². The maximum absolute atomic E-state index is 12.6. The summed E-state index contributed by atoms with van der Waals surface area (Å²) < 4.78 is 5.93. The summed E-state index contributed by atoms with van der Waals surface area (Å²) in [7, 11) is 0. The van der Waals surface area contributed by atoms with Crippen molar-refractivity contribution in [2.24, 2.45) is 5.92 Å². The Balaban J connectivity index is 0.00000101. The van der Waals surface area contributed by atoms with E-state index in [1.165, 1.54) is 6.20 Å². The molecule has 30 heavy (non-hydrogen) atoms. The lowest BCUT2D eigenvalue weighted by Crippen LogP contribution is -2.50. The number of aromatic nitrogens is 4. The minimum absolute atomic E-state index is 0.0251. The van der Waals surface area contributed by atoms with Crippen LogP contribution >= 0.6 is 0 Å². The molecule has 0 unspecified atom stereocenters. The number of H-pyrrole nitrogens is 2. The maximum atomic E-state index is 12.6. The largest absolute Gasteiger partial charge is 0.483 e. The monoisotopic (exact) mass is 420 g/mol. The molecular formula is C19H28N6O5. The van der Waals surface area contributed by atoms with Crippen molar-refractivity contribution in [3.05, 3.63) is 36.2 Å². The van der Waals surface area contributed by atoms with Crippen molar-refractivity contribution in [3.8, 4) is 0 Å². The standard InChI is InChI=1S/C18H26N6O3.CH2O2/c1-2-7-27-15-4-3-12(17(25)21-11-16-19-5-6-20-16)8-14(15)24-18(26)13-9-22-23-10-13;2-1-3/h5-6,9-10,12,14-15H,2-4,7-8,11H2,1H3,(H,19,20)(H,21,25)(H,22,23)(H,24,26);1H,(H,2,3)/t12-,14+,15+;/m0./s1. The molecule has 0 saturated heterocycles. The predicted molar refractivity (Wildman–Crippen MR) is 106 cm³/mol. The highest BCUT2D eigenvalue weighted by Gasteiger charge is 2.35. The molecule has 3 atom stereocenters. The number of rotatable bonds is 8. The molecule has 1 aliphatic carbocycles. The Bertz CT molecular complexity index is 764. The molecule has 0 aromatic carbocycles. The van der Waals surface area contributed by atoms with Gasteiger partial charge in [-0.2, -0.15) is 5.10 Å². The third-order valence-corrected chi connectivity index (χ3v) is 4.76. The van der Waals surface area contributed by atoms with Crippen molar-refractivity contribution in [3.63, 3.8) is 0 Å². The van der Waals surface area contributed by atoms with Gasteiger partial charge in [0.05, 0.1) is 30.5 Å². The average molecular weight is 420 g/mol. The third-order valence-electron chi connectivity index (χ3n) is 4.76. The second kappa shape index (κ2) is 12.4. The molecule has 2 aromatic heterocycles. The molecule has 0 radical (unpaired) electrons. The molecule has 164 valence electrons. The summed E-state index contributed by atoms with van der Waals surface area (Å²) >= 11 is 0. The summed E-state index contributed by atoms with van der Waals surface area (Å²) in [6.45, 7) is 2.80. The first-order valence-electron chi connectivity index (χ1n) is 9.84. The SMILES string of the molecule is CCCO[C@@H]1CC[C@H](C(=O)NCc2ncc[nH]2)C[C@H]1NC(=O)c1cn[nH]c1.O=CO. The van der Waals surface area contributed by atoms with Crippen LogP contribution in [-0.2, 0) is 20.9 Å². The van der Waals surface area contributed by atoms with Gasteiger partial charge in [-0.3, -0.25) is 19.5 Å². The number of amides is 2. The minimum atomic E-state index is -0.250. The number of nitrogens with one attached hydrogen (secondary N) is 4. The minimum Gasteiger partial charge on any atom is -0.483 e. The molecule has 0 aliphatic heterocycles. The molecule has 1 fully saturated rings. The lowest BCUT2D eigenvalue weighted by molar-refractivity contribution is -0.128. The van der Waals surface area contributed by atoms with Crippen LogP contribution < -0.4 is 10.6 Å². The molecule has 0 bridgehead atoms. The summed E-state index contributed by atoms with van der Waals surface area (Å²) in [4.78, 5) is 40.4. The van der Waals surface area contributed by atoms with Gasteiger partial charge in [0, 0.05) is 31.1 Å². The van der Waals surface area contributed by atoms with Gasteiger partial charge in [-0.25, -0.2) is 4.98 Å². The van der Waals surface area contributed by atoms with Gasteiger partial charge in [0.2, 0.25) is 5.91 Å². The fourth-order valence-corrected chi connectivity index (χ4v) is 3.34. The van der Waals surface area contributed by atoms with Gasteiger partial charge in [0.15, 0.2) is 0 Å². The first-order chi connectivity index (χ1) is 14.6. The van der Waals surface area contributed by atoms with Crippen LogP contribution in [0.25, 0.3) is 0 Å². The van der Waals surface area contributed by atoms with E-state index < -0.39 is 0 Å². The summed E-state index contributed by atoms with van der Waals surface area (Å²) in [6, 6.07) is -0.216. The van der Waals surface area contributed by atoms with Crippen LogP contribution in [0.3, 0.4) is 0 Å². The van der Waals surface area contributed by atoms with E-state index in [4.69, 9.17) is 14.6 Å². The molecule has 1 saturated carbocycles. The Hall–Kier alpha value is -3.21. The second-order valence-electron chi connectivity index (χ2n) is 6.85. The van der Waals surface area contributed by atoms with Gasteiger partial charge < -0.3 is 25.5 Å². The smallest absolute Gasteiger partial charge is 0.290 e. The number of imidazole rings is 1. The normalized spacial score (nSPS) is 20.5. The summed E-state index contributed by atoms with van der Waals surface area (Å²) in [5.74, 6) is 0.308. The highest BCUT2D eigenvalue weighted by atomic mass is 16.5. The number of aromatic amines is 2. The first kappa shape index (κ1) is 23.1. The Morgan fingerprint density at radius 2 is 2.20 bits per heavy atom. The zero-order valence-electron chi connectivity index (χ0n) is 16.8. The number of carbonyl (C=O) groups excluding carboxylic acids is 2. The molecule has 2 amide bonds. The summed E-state index contributed by atoms with van der Waals surface area (Å²) in [5, 5.41) is 19.3. The number of ether oxygens (including phenoxy) is 1. The van der Waals surface area contributed by atoms with Crippen molar-refractivity contribution >= 4 is 18.3 Å². The number of carbonyl (C=O) groups is 3. The summed E-state index contributed by atoms with van der Waals surface area (Å²) in [6.07, 6.45) is 9.23. The van der Waals surface area contributed by atoms with Gasteiger partial charge in [-0.1, -0.05) is 6.92 Å². The van der Waals surface area contributed by atoms with E-state index in [1.807, 2.05) is 6.92 Å². The number of hydrogen-bond acceptors (Lipinski definition) is 6. The van der Waals surface area contributed by atoms with Gasteiger partial charge in [0.25, 0.3) is 12.4 Å². The second-order valence-corrected chi connectivity index (χ2v) is 6.85. The molecule has 11 heteroatoms. The van der Waals surface area contributed by atoms with Crippen molar-refractivity contribution in [1.82, 2.24) is 30.8 Å². The Kier molecular flexibility index (Phi) is 9.52. The van der Waals surface area contributed by atoms with Crippen molar-refractivity contribution in [2.45, 2.75) is 51.3 Å². The number of hydrogen-bond donors (Lipinski definition) is 5. The van der Waals surface area contributed by atoms with Gasteiger partial charge >= 0.3 is 0 Å². The quantitative estimate of drug-likeness (QED) is 0.395. The van der Waals surface area contributed by atoms with E-state index >= 15 is 0 Å². The molecule has 1 aliphatic rings. The van der Waals surface area contributed by atoms with E-state index in [0.29, 0.717) is 31.0 Å². The molecule has 3 rings (SSSR count). The van der Waals surface area contributed by atoms with E-state index in [2.05, 4.69) is 30.8 Å². The molecule has 11 nitrogen and oxygen atoms in total. The van der Waals surface area contributed by atoms with Crippen LogP contribution in [0.15, 0.2) is 24.8 Å². The Morgan fingerprint density at radius 3 is 2.83 bits per heavy atom. The highest BCUT2D eigenvalue weighted by Crippen LogP contribution is 2.27. The predicted octanol–water partition coefficient (Wildman–Crippen LogP) is 0.844. The van der Waals surface area contributed by atoms with Crippen molar-refractivity contribution in [2.75, 3.05) is 6.61 Å². The molecule has 0 spiro atoms. The van der Waals surface area contributed by atoms with E-state index in [-0.39, 0.29) is 36.4 Å². The zero-order chi connectivity index (χ0) is 21.8. The van der Waals surface area contributed by atoms with Crippen molar-refractivity contribution in [1.29, 1.82) is 0 Å². The topological polar surface area (TPSA) is 162 Å². The number of carboxylic acid groups (broad SMARTS) is 1. The van der Waals surface area contributed by atoms with Crippen LogP contribution in [0, 0.1) is 5.92 Å². The van der Waals surface area contributed by atoms with Crippen LogP contribution in [0.1, 0.15) is 48.8 Å². The molecular weight excluding hydrogens is 392 g/mol. The Labute approximate surface area is 174 Å². The molecule has 2 aromatic rings. The lowest BCUT2D eigenvalue weighted by Gasteiger charge is -2.35. The fourth-order valence-electron chi connectivity index (χ4n) is 3.34. The van der Waals surface area contributed by atoms with Crippen LogP contribution in [0.2, 0.25) is 0 Å². The average Bonchev–Trinajstić information content (AvgIpc) is 3.45. The van der Waals surface area contributed by atoms with E-state index in [9.17, 15) is 9.59 Å². The third kappa shape index (κ3) is 6.99. The van der Waals surface area contributed by atoms with Gasteiger partial charge in [-0.15, -0.1) is 0 Å². The van der Waals surface area contributed by atoms with Gasteiger partial charge in [0.1, 0.15) is 5.82 Å². The van der Waals surface area contributed by atoms with Crippen LogP contribution in [0.4, 0.5) is 0 Å². The lowest BCUT2D eigenvalue weighted by atomic mass is 9.83. The zero-order valence-corrected chi connectivity index (χ0v) is 16.8. The van der Waals surface area contributed by atoms with E-state index in [1.54, 1.807) is 18.6 Å². The van der Waals surface area contributed by atoms with Crippen molar-refractivity contribution < 1.29 is 24.2 Å². The maximum Gasteiger partial charge on any atom is 0.290 e. The van der Waals surface area contributed by atoms with E-state index in [0.717, 1.165) is 19.3 Å². The number of nitrogens with zero attached hydrogens (tertiary/aromatic N) is 2. The van der Waals surface area contributed by atoms with Crippen LogP contribution in [0.5, 0.6) is 0 Å². The fraction of sp³-hybridized carbons (Fsp3) is 0.526. The summed E-state index contributed by atoms with van der Waals surface area (Å²) in [5.41, 5.74) is 0.466.